The van der Waals surface area contributed by atoms with E-state index in [4.69, 9.17) is 13.9 Å². The zero-order valence-electron chi connectivity index (χ0n) is 17.4. The Bertz CT molecular complexity index is 1230. The number of hydrogen-bond donors (Lipinski definition) is 1. The molecule has 1 unspecified atom stereocenters. The standard InChI is InChI=1S/C25H21NO6/c1-15-7-9-19(32-15)22-21(23(27)17-8-10-18-20(13-17)31-12-11-30-18)24(28)25(29)26(22)14-16-5-3-2-4-6-16/h2-10,13,22,27H,11-12,14H2,1H3/b23-21+. The van der Waals surface area contributed by atoms with Crippen LogP contribution in [-0.2, 0) is 16.1 Å². The lowest BCUT2D eigenvalue weighted by molar-refractivity contribution is -0.140. The number of nitrogens with zero attached hydrogens (tertiary/aromatic N) is 1. The van der Waals surface area contributed by atoms with Crippen molar-refractivity contribution in [2.75, 3.05) is 13.2 Å². The molecule has 162 valence electrons. The second-order valence-corrected chi connectivity index (χ2v) is 7.72. The van der Waals surface area contributed by atoms with Crippen molar-refractivity contribution in [2.45, 2.75) is 19.5 Å². The minimum atomic E-state index is -0.850. The number of carbonyl (C=O) groups excluding carboxylic acids is 2. The molecule has 7 heteroatoms. The minimum Gasteiger partial charge on any atom is -0.507 e. The van der Waals surface area contributed by atoms with Crippen LogP contribution in [0.15, 0.2) is 70.7 Å². The lowest BCUT2D eigenvalue weighted by Gasteiger charge is -2.23. The van der Waals surface area contributed by atoms with E-state index in [9.17, 15) is 14.7 Å². The molecule has 0 saturated carbocycles. The fourth-order valence-electron chi connectivity index (χ4n) is 4.07. The molecule has 2 aliphatic rings. The Hall–Kier alpha value is -4.00. The predicted octanol–water partition coefficient (Wildman–Crippen LogP) is 3.98. The summed E-state index contributed by atoms with van der Waals surface area (Å²) in [5, 5.41) is 11.2. The van der Waals surface area contributed by atoms with Crippen molar-refractivity contribution in [1.29, 1.82) is 0 Å². The molecule has 0 radical (unpaired) electrons. The van der Waals surface area contributed by atoms with Crippen LogP contribution in [0.25, 0.3) is 5.76 Å². The molecule has 3 aromatic rings. The maximum Gasteiger partial charge on any atom is 0.296 e. The average molecular weight is 431 g/mol. The summed E-state index contributed by atoms with van der Waals surface area (Å²) in [6, 6.07) is 16.9. The highest BCUT2D eigenvalue weighted by Crippen LogP contribution is 2.42. The highest BCUT2D eigenvalue weighted by molar-refractivity contribution is 6.46. The number of Topliss-reactive ketones (excluding diaryl/α,β-unsaturated/α-hetero) is 1. The van der Waals surface area contributed by atoms with Crippen molar-refractivity contribution < 1.29 is 28.6 Å². The monoisotopic (exact) mass is 431 g/mol. The van der Waals surface area contributed by atoms with Gasteiger partial charge in [0.2, 0.25) is 0 Å². The summed E-state index contributed by atoms with van der Waals surface area (Å²) in [5.74, 6) is 0.371. The van der Waals surface area contributed by atoms with Gasteiger partial charge in [0.15, 0.2) is 11.5 Å². The van der Waals surface area contributed by atoms with Crippen LogP contribution in [0.1, 0.15) is 28.7 Å². The summed E-state index contributed by atoms with van der Waals surface area (Å²) in [5.41, 5.74) is 1.21. The smallest absolute Gasteiger partial charge is 0.296 e. The van der Waals surface area contributed by atoms with Gasteiger partial charge in [-0.3, -0.25) is 9.59 Å². The lowest BCUT2D eigenvalue weighted by atomic mass is 9.99. The maximum absolute atomic E-state index is 13.1. The van der Waals surface area contributed by atoms with Crippen LogP contribution < -0.4 is 9.47 Å². The normalized spacial score (nSPS) is 19.4. The van der Waals surface area contributed by atoms with Gasteiger partial charge in [-0.1, -0.05) is 30.3 Å². The summed E-state index contributed by atoms with van der Waals surface area (Å²) < 4.78 is 16.9. The Morgan fingerprint density at radius 2 is 1.75 bits per heavy atom. The summed E-state index contributed by atoms with van der Waals surface area (Å²) in [6.07, 6.45) is 0. The molecule has 0 spiro atoms. The number of likely N-dealkylation sites (tertiary alicyclic amines) is 1. The van der Waals surface area contributed by atoms with Gasteiger partial charge in [-0.2, -0.15) is 0 Å². The molecular weight excluding hydrogens is 410 g/mol. The highest BCUT2D eigenvalue weighted by atomic mass is 16.6. The molecule has 1 aromatic heterocycles. The fourth-order valence-corrected chi connectivity index (χ4v) is 4.07. The SMILES string of the molecule is Cc1ccc(C2/C(=C(\O)c3ccc4c(c3)OCCO4)C(=O)C(=O)N2Cc2ccccc2)o1. The zero-order chi connectivity index (χ0) is 22.2. The molecule has 1 atom stereocenters. The van der Waals surface area contributed by atoms with E-state index in [1.54, 1.807) is 37.3 Å². The van der Waals surface area contributed by atoms with Gasteiger partial charge in [0, 0.05) is 12.1 Å². The van der Waals surface area contributed by atoms with E-state index in [0.29, 0.717) is 41.8 Å². The number of furan rings is 1. The third-order valence-electron chi connectivity index (χ3n) is 5.58. The molecule has 1 N–H and O–H groups in total. The van der Waals surface area contributed by atoms with Gasteiger partial charge in [0.25, 0.3) is 11.7 Å². The van der Waals surface area contributed by atoms with Gasteiger partial charge in [0.05, 0.1) is 5.57 Å². The van der Waals surface area contributed by atoms with Gasteiger partial charge < -0.3 is 23.9 Å². The molecule has 1 saturated heterocycles. The van der Waals surface area contributed by atoms with Gasteiger partial charge in [-0.25, -0.2) is 0 Å². The summed E-state index contributed by atoms with van der Waals surface area (Å²) in [7, 11) is 0. The number of aliphatic hydroxyl groups is 1. The first-order chi connectivity index (χ1) is 15.5. The van der Waals surface area contributed by atoms with Crippen LogP contribution in [0.2, 0.25) is 0 Å². The Morgan fingerprint density at radius 3 is 2.47 bits per heavy atom. The highest BCUT2D eigenvalue weighted by Gasteiger charge is 2.47. The number of aryl methyl sites for hydroxylation is 1. The number of fused-ring (bicyclic) bond motifs is 1. The molecule has 7 nitrogen and oxygen atoms in total. The van der Waals surface area contributed by atoms with E-state index in [2.05, 4.69) is 0 Å². The molecule has 3 heterocycles. The number of ketones is 1. The van der Waals surface area contributed by atoms with Crippen LogP contribution in [0.5, 0.6) is 11.5 Å². The Morgan fingerprint density at radius 1 is 1.00 bits per heavy atom. The van der Waals surface area contributed by atoms with Gasteiger partial charge in [-0.05, 0) is 42.8 Å². The Kier molecular flexibility index (Phi) is 4.93. The molecule has 5 rings (SSSR count). The molecule has 0 bridgehead atoms. The molecule has 0 aliphatic carbocycles. The van der Waals surface area contributed by atoms with Crippen LogP contribution in [-0.4, -0.2) is 34.9 Å². The third kappa shape index (κ3) is 3.41. The Balaban J connectivity index is 1.62. The zero-order valence-corrected chi connectivity index (χ0v) is 17.4. The van der Waals surface area contributed by atoms with Crippen molar-refractivity contribution in [3.63, 3.8) is 0 Å². The van der Waals surface area contributed by atoms with Crippen LogP contribution in [0.4, 0.5) is 0 Å². The molecule has 1 amide bonds. The summed E-state index contributed by atoms with van der Waals surface area (Å²) in [4.78, 5) is 27.5. The number of benzene rings is 2. The molecule has 2 aliphatic heterocycles. The van der Waals surface area contributed by atoms with Crippen LogP contribution in [0.3, 0.4) is 0 Å². The number of hydrogen-bond acceptors (Lipinski definition) is 6. The predicted molar refractivity (Wildman–Crippen MR) is 115 cm³/mol. The van der Waals surface area contributed by atoms with E-state index < -0.39 is 17.7 Å². The minimum absolute atomic E-state index is 0.0167. The maximum atomic E-state index is 13.1. The summed E-state index contributed by atoms with van der Waals surface area (Å²) in [6.45, 7) is 2.83. The largest absolute Gasteiger partial charge is 0.507 e. The van der Waals surface area contributed by atoms with Gasteiger partial charge >= 0.3 is 0 Å². The van der Waals surface area contributed by atoms with E-state index in [1.165, 1.54) is 4.90 Å². The van der Waals surface area contributed by atoms with Crippen LogP contribution in [0, 0.1) is 6.92 Å². The van der Waals surface area contributed by atoms with Crippen LogP contribution >= 0.6 is 0 Å². The van der Waals surface area contributed by atoms with E-state index in [0.717, 1.165) is 5.56 Å². The van der Waals surface area contributed by atoms with E-state index in [-0.39, 0.29) is 17.9 Å². The van der Waals surface area contributed by atoms with Crippen molar-refractivity contribution in [3.8, 4) is 11.5 Å². The molecule has 32 heavy (non-hydrogen) atoms. The first kappa shape index (κ1) is 19.9. The fraction of sp³-hybridized carbons (Fsp3) is 0.200. The summed E-state index contributed by atoms with van der Waals surface area (Å²) >= 11 is 0. The molecule has 2 aromatic carbocycles. The number of amides is 1. The topological polar surface area (TPSA) is 89.2 Å². The number of rotatable bonds is 4. The van der Waals surface area contributed by atoms with Crippen molar-refractivity contribution in [1.82, 2.24) is 4.90 Å². The van der Waals surface area contributed by atoms with E-state index >= 15 is 0 Å². The molecular formula is C25H21NO6. The average Bonchev–Trinajstić information content (AvgIpc) is 3.35. The van der Waals surface area contributed by atoms with E-state index in [1.807, 2.05) is 30.3 Å². The van der Waals surface area contributed by atoms with Crippen molar-refractivity contribution in [3.05, 3.63) is 88.9 Å². The van der Waals surface area contributed by atoms with Crippen molar-refractivity contribution >= 4 is 17.4 Å². The lowest BCUT2D eigenvalue weighted by Crippen LogP contribution is -2.29. The quantitative estimate of drug-likeness (QED) is 0.382. The van der Waals surface area contributed by atoms with Crippen molar-refractivity contribution in [2.24, 2.45) is 0 Å². The number of carbonyl (C=O) groups is 2. The second kappa shape index (κ2) is 7.92. The van der Waals surface area contributed by atoms with Gasteiger partial charge in [-0.15, -0.1) is 0 Å². The second-order valence-electron chi connectivity index (χ2n) is 7.72. The first-order valence-corrected chi connectivity index (χ1v) is 10.3. The number of ether oxygens (including phenoxy) is 2. The van der Waals surface area contributed by atoms with Gasteiger partial charge in [0.1, 0.15) is 36.5 Å². The third-order valence-corrected chi connectivity index (χ3v) is 5.58. The first-order valence-electron chi connectivity index (χ1n) is 10.3. The Labute approximate surface area is 184 Å². The molecule has 1 fully saturated rings. The number of aliphatic hydroxyl groups excluding tert-OH is 1.